The Bertz CT molecular complexity index is 339. The Morgan fingerprint density at radius 2 is 2.46 bits per heavy atom. The first-order valence-corrected chi connectivity index (χ1v) is 6.00. The van der Waals surface area contributed by atoms with Crippen LogP contribution >= 0.6 is 34.4 Å². The highest BCUT2D eigenvalue weighted by Gasteiger charge is 2.08. The summed E-state index contributed by atoms with van der Waals surface area (Å²) in [6.45, 7) is 4.25. The van der Waals surface area contributed by atoms with Gasteiger partial charge in [-0.05, 0) is 29.0 Å². The van der Waals surface area contributed by atoms with Gasteiger partial charge in [0.25, 0.3) is 5.56 Å². The second-order valence-corrected chi connectivity index (χ2v) is 5.19. The van der Waals surface area contributed by atoms with Crippen LogP contribution in [0.1, 0.15) is 20.3 Å². The second-order valence-electron chi connectivity index (χ2n) is 2.69. The maximum absolute atomic E-state index is 11.2. The Hall–Kier alpha value is -0.0400. The minimum absolute atomic E-state index is 0.0543. The summed E-state index contributed by atoms with van der Waals surface area (Å²) in [5.74, 6) is 0. The fourth-order valence-electron chi connectivity index (χ4n) is 0.723. The third-order valence-corrected chi connectivity index (χ3v) is 4.29. The number of nitrogens with one attached hydrogen (secondary N) is 1. The summed E-state index contributed by atoms with van der Waals surface area (Å²) >= 11 is 3.67. The van der Waals surface area contributed by atoms with Gasteiger partial charge < -0.3 is 4.98 Å². The van der Waals surface area contributed by atoms with Crippen molar-refractivity contribution in [3.05, 3.63) is 20.3 Å². The fourth-order valence-corrected chi connectivity index (χ4v) is 2.26. The Kier molecular flexibility index (Phi) is 4.24. The van der Waals surface area contributed by atoms with Gasteiger partial charge in [0.15, 0.2) is 0 Å². The molecule has 0 amide bonds. The van der Waals surface area contributed by atoms with Crippen molar-refractivity contribution in [1.29, 1.82) is 0 Å². The van der Waals surface area contributed by atoms with E-state index in [0.717, 1.165) is 11.4 Å². The summed E-state index contributed by atoms with van der Waals surface area (Å²) in [6, 6.07) is 0. The van der Waals surface area contributed by atoms with Crippen molar-refractivity contribution in [2.45, 2.75) is 30.5 Å². The van der Waals surface area contributed by atoms with Crippen LogP contribution in [0.2, 0.25) is 0 Å². The molecule has 0 bridgehead atoms. The Morgan fingerprint density at radius 3 is 3.08 bits per heavy atom. The van der Waals surface area contributed by atoms with E-state index in [2.05, 4.69) is 23.8 Å². The van der Waals surface area contributed by atoms with Gasteiger partial charge in [-0.1, -0.05) is 13.8 Å². The van der Waals surface area contributed by atoms with E-state index < -0.39 is 0 Å². The summed E-state index contributed by atoms with van der Waals surface area (Å²) in [6.07, 6.45) is 2.53. The molecule has 0 saturated carbocycles. The van der Waals surface area contributed by atoms with E-state index in [1.54, 1.807) is 11.8 Å². The zero-order chi connectivity index (χ0) is 9.84. The molecule has 0 radical (unpaired) electrons. The number of thioether (sulfide) groups is 1. The Balaban J connectivity index is 2.89. The van der Waals surface area contributed by atoms with Gasteiger partial charge in [0.1, 0.15) is 8.60 Å². The number of aromatic amines is 1. The maximum atomic E-state index is 11.2. The molecule has 13 heavy (non-hydrogen) atoms. The summed E-state index contributed by atoms with van der Waals surface area (Å²) in [4.78, 5) is 17.9. The first kappa shape index (κ1) is 11.0. The van der Waals surface area contributed by atoms with E-state index >= 15 is 0 Å². The normalized spacial score (nSPS) is 12.8. The maximum Gasteiger partial charge on any atom is 0.265 e. The van der Waals surface area contributed by atoms with Crippen LogP contribution in [-0.4, -0.2) is 15.2 Å². The Morgan fingerprint density at radius 1 is 1.77 bits per heavy atom. The quantitative estimate of drug-likeness (QED) is 0.529. The first-order chi connectivity index (χ1) is 6.15. The molecule has 1 aromatic heterocycles. The number of rotatable bonds is 3. The van der Waals surface area contributed by atoms with Gasteiger partial charge in [-0.25, -0.2) is 4.98 Å². The zero-order valence-electron chi connectivity index (χ0n) is 7.50. The largest absolute Gasteiger partial charge is 0.312 e. The van der Waals surface area contributed by atoms with E-state index in [4.69, 9.17) is 0 Å². The molecule has 0 aliphatic heterocycles. The van der Waals surface area contributed by atoms with Gasteiger partial charge in [-0.2, -0.15) is 0 Å². The number of hydrogen-bond donors (Lipinski definition) is 1. The lowest BCUT2D eigenvalue weighted by molar-refractivity contribution is 0.894. The third kappa shape index (κ3) is 2.98. The predicted molar refractivity (Wildman–Crippen MR) is 63.2 cm³/mol. The predicted octanol–water partition coefficient (Wildman–Crippen LogP) is 2.27. The molecular formula is C8H11IN2OS. The number of halogens is 1. The second kappa shape index (κ2) is 4.99. The van der Waals surface area contributed by atoms with Gasteiger partial charge in [-0.15, -0.1) is 11.8 Å². The van der Waals surface area contributed by atoms with Crippen LogP contribution in [-0.2, 0) is 0 Å². The van der Waals surface area contributed by atoms with Crippen molar-refractivity contribution in [2.24, 2.45) is 0 Å². The lowest BCUT2D eigenvalue weighted by atomic mass is 10.4. The molecule has 5 heteroatoms. The highest BCUT2D eigenvalue weighted by Crippen LogP contribution is 2.24. The Labute approximate surface area is 94.9 Å². The molecular weight excluding hydrogens is 299 g/mol. The van der Waals surface area contributed by atoms with Crippen molar-refractivity contribution in [2.75, 3.05) is 0 Å². The first-order valence-electron chi connectivity index (χ1n) is 4.05. The van der Waals surface area contributed by atoms with E-state index in [-0.39, 0.29) is 5.56 Å². The number of nitrogens with zero attached hydrogens (tertiary/aromatic N) is 1. The molecule has 0 aliphatic rings. The molecule has 1 heterocycles. The molecule has 0 saturated heterocycles. The van der Waals surface area contributed by atoms with E-state index in [1.807, 2.05) is 22.6 Å². The SMILES string of the molecule is CCC(C)Sc1nc[nH]c(=O)c1I. The van der Waals surface area contributed by atoms with Gasteiger partial charge in [-0.3, -0.25) is 4.79 Å². The number of H-pyrrole nitrogens is 1. The van der Waals surface area contributed by atoms with E-state index in [0.29, 0.717) is 8.82 Å². The van der Waals surface area contributed by atoms with Crippen molar-refractivity contribution >= 4 is 34.4 Å². The average molecular weight is 310 g/mol. The van der Waals surface area contributed by atoms with Crippen molar-refractivity contribution < 1.29 is 0 Å². The molecule has 72 valence electrons. The van der Waals surface area contributed by atoms with Crippen molar-refractivity contribution in [1.82, 2.24) is 9.97 Å². The van der Waals surface area contributed by atoms with Gasteiger partial charge >= 0.3 is 0 Å². The van der Waals surface area contributed by atoms with Crippen molar-refractivity contribution in [3.8, 4) is 0 Å². The standard InChI is InChI=1S/C8H11IN2OS/c1-3-5(2)13-8-6(9)7(12)10-4-11-8/h4-5H,3H2,1-2H3,(H,10,11,12). The van der Waals surface area contributed by atoms with Crippen LogP contribution in [0.15, 0.2) is 16.1 Å². The molecule has 0 aliphatic carbocycles. The van der Waals surface area contributed by atoms with E-state index in [1.165, 1.54) is 6.33 Å². The van der Waals surface area contributed by atoms with Gasteiger partial charge in [0, 0.05) is 5.25 Å². The summed E-state index contributed by atoms with van der Waals surface area (Å²) in [5, 5.41) is 1.33. The minimum atomic E-state index is -0.0543. The molecule has 0 spiro atoms. The van der Waals surface area contributed by atoms with Crippen LogP contribution in [0.25, 0.3) is 0 Å². The molecule has 3 nitrogen and oxygen atoms in total. The molecule has 1 unspecified atom stereocenters. The smallest absolute Gasteiger partial charge is 0.265 e. The van der Waals surface area contributed by atoms with Gasteiger partial charge in [0.05, 0.1) is 6.33 Å². The fraction of sp³-hybridized carbons (Fsp3) is 0.500. The van der Waals surface area contributed by atoms with Crippen LogP contribution < -0.4 is 5.56 Å². The summed E-state index contributed by atoms with van der Waals surface area (Å²) in [7, 11) is 0. The monoisotopic (exact) mass is 310 g/mol. The van der Waals surface area contributed by atoms with Crippen molar-refractivity contribution in [3.63, 3.8) is 0 Å². The van der Waals surface area contributed by atoms with Gasteiger partial charge in [0.2, 0.25) is 0 Å². The molecule has 1 N–H and O–H groups in total. The topological polar surface area (TPSA) is 45.8 Å². The van der Waals surface area contributed by atoms with Crippen LogP contribution in [0.5, 0.6) is 0 Å². The summed E-state index contributed by atoms with van der Waals surface area (Å²) in [5.41, 5.74) is -0.0543. The molecule has 1 atom stereocenters. The average Bonchev–Trinajstić information content (AvgIpc) is 2.13. The van der Waals surface area contributed by atoms with Crippen LogP contribution in [0.3, 0.4) is 0 Å². The van der Waals surface area contributed by atoms with Crippen LogP contribution in [0, 0.1) is 3.57 Å². The minimum Gasteiger partial charge on any atom is -0.312 e. The molecule has 0 aromatic carbocycles. The van der Waals surface area contributed by atoms with Crippen LogP contribution in [0.4, 0.5) is 0 Å². The zero-order valence-corrected chi connectivity index (χ0v) is 10.5. The number of aromatic nitrogens is 2. The van der Waals surface area contributed by atoms with E-state index in [9.17, 15) is 4.79 Å². The third-order valence-electron chi connectivity index (χ3n) is 1.65. The molecule has 0 fully saturated rings. The number of hydrogen-bond acceptors (Lipinski definition) is 3. The lowest BCUT2D eigenvalue weighted by Crippen LogP contribution is -2.12. The summed E-state index contributed by atoms with van der Waals surface area (Å²) < 4.78 is 0.686. The highest BCUT2D eigenvalue weighted by atomic mass is 127. The molecule has 1 aromatic rings. The lowest BCUT2D eigenvalue weighted by Gasteiger charge is -2.07. The molecule has 1 rings (SSSR count). The highest BCUT2D eigenvalue weighted by molar-refractivity contribution is 14.1.